The van der Waals surface area contributed by atoms with Crippen LogP contribution in [0.5, 0.6) is 0 Å². The summed E-state index contributed by atoms with van der Waals surface area (Å²) in [5, 5.41) is 13.5. The Morgan fingerprint density at radius 1 is 1.14 bits per heavy atom. The fraction of sp³-hybridized carbons (Fsp3) is 0.182. The van der Waals surface area contributed by atoms with Crippen molar-refractivity contribution in [3.63, 3.8) is 0 Å². The number of hydrogen-bond acceptors (Lipinski definition) is 6. The molecule has 0 saturated heterocycles. The van der Waals surface area contributed by atoms with Crippen molar-refractivity contribution in [2.45, 2.75) is 30.7 Å². The highest BCUT2D eigenvalue weighted by molar-refractivity contribution is 7.98. The minimum atomic E-state index is -0.118. The number of aryl methyl sites for hydroxylation is 1. The lowest BCUT2D eigenvalue weighted by Crippen LogP contribution is -2.21. The van der Waals surface area contributed by atoms with Gasteiger partial charge in [-0.15, -0.1) is 11.3 Å². The van der Waals surface area contributed by atoms with Gasteiger partial charge in [0.2, 0.25) is 0 Å². The van der Waals surface area contributed by atoms with E-state index in [-0.39, 0.29) is 5.56 Å². The average molecular weight is 419 g/mol. The summed E-state index contributed by atoms with van der Waals surface area (Å²) in [6, 6.07) is 16.5. The summed E-state index contributed by atoms with van der Waals surface area (Å²) >= 11 is 3.17. The van der Waals surface area contributed by atoms with Gasteiger partial charge < -0.3 is 0 Å². The molecule has 0 spiro atoms. The van der Waals surface area contributed by atoms with Crippen LogP contribution in [0.2, 0.25) is 0 Å². The smallest absolute Gasteiger partial charge is 0.266 e. The first-order chi connectivity index (χ1) is 14.2. The minimum absolute atomic E-state index is 0.118. The normalized spacial score (nSPS) is 10.9. The van der Waals surface area contributed by atoms with E-state index in [2.05, 4.69) is 23.4 Å². The van der Waals surface area contributed by atoms with Crippen LogP contribution in [0.1, 0.15) is 29.6 Å². The van der Waals surface area contributed by atoms with Gasteiger partial charge in [-0.2, -0.15) is 5.26 Å². The van der Waals surface area contributed by atoms with E-state index in [9.17, 15) is 4.79 Å². The lowest BCUT2D eigenvalue weighted by molar-refractivity contribution is 0.819. The molecule has 2 aromatic carbocycles. The Morgan fingerprint density at radius 3 is 2.69 bits per heavy atom. The first-order valence-corrected chi connectivity index (χ1v) is 11.1. The van der Waals surface area contributed by atoms with Gasteiger partial charge in [0, 0.05) is 11.1 Å². The molecule has 0 N–H and O–H groups in total. The number of hydrogen-bond donors (Lipinski definition) is 0. The molecule has 2 heterocycles. The number of thiazole rings is 1. The van der Waals surface area contributed by atoms with Gasteiger partial charge in [-0.3, -0.25) is 9.36 Å². The van der Waals surface area contributed by atoms with E-state index in [0.717, 1.165) is 23.5 Å². The summed E-state index contributed by atoms with van der Waals surface area (Å²) in [5.74, 6) is 0.640. The van der Waals surface area contributed by atoms with Gasteiger partial charge in [-0.1, -0.05) is 30.8 Å². The van der Waals surface area contributed by atoms with E-state index >= 15 is 0 Å². The third-order valence-corrected chi connectivity index (χ3v) is 6.34. The first-order valence-electron chi connectivity index (χ1n) is 9.28. The third kappa shape index (κ3) is 4.09. The van der Waals surface area contributed by atoms with Gasteiger partial charge in [-0.05, 0) is 49.2 Å². The van der Waals surface area contributed by atoms with Crippen LogP contribution < -0.4 is 5.56 Å². The average Bonchev–Trinajstić information content (AvgIpc) is 3.20. The van der Waals surface area contributed by atoms with Gasteiger partial charge in [0.05, 0.1) is 38.9 Å². The molecule has 4 rings (SSSR count). The van der Waals surface area contributed by atoms with Crippen molar-refractivity contribution >= 4 is 34.0 Å². The number of thioether (sulfide) groups is 1. The van der Waals surface area contributed by atoms with Crippen LogP contribution >= 0.6 is 23.1 Å². The van der Waals surface area contributed by atoms with Crippen molar-refractivity contribution in [2.75, 3.05) is 0 Å². The van der Waals surface area contributed by atoms with Crippen LogP contribution in [0.15, 0.2) is 63.9 Å². The molecule has 4 aromatic rings. The van der Waals surface area contributed by atoms with E-state index in [4.69, 9.17) is 10.2 Å². The molecule has 0 unspecified atom stereocenters. The third-order valence-electron chi connectivity index (χ3n) is 4.41. The number of rotatable bonds is 6. The molecule has 29 heavy (non-hydrogen) atoms. The highest BCUT2D eigenvalue weighted by Crippen LogP contribution is 2.25. The molecule has 7 heteroatoms. The van der Waals surface area contributed by atoms with E-state index in [1.165, 1.54) is 11.8 Å². The number of aromatic nitrogens is 3. The highest BCUT2D eigenvalue weighted by atomic mass is 32.2. The molecule has 0 aliphatic carbocycles. The van der Waals surface area contributed by atoms with E-state index < -0.39 is 0 Å². The maximum atomic E-state index is 13.2. The molecular weight excluding hydrogens is 400 g/mol. The van der Waals surface area contributed by atoms with Crippen molar-refractivity contribution in [1.29, 1.82) is 5.26 Å². The summed E-state index contributed by atoms with van der Waals surface area (Å²) in [6.45, 7) is 2.14. The molecule has 0 fully saturated rings. The van der Waals surface area contributed by atoms with E-state index in [0.29, 0.717) is 33.1 Å². The lowest BCUT2D eigenvalue weighted by atomic mass is 10.2. The molecule has 144 valence electrons. The largest absolute Gasteiger partial charge is 0.268 e. The zero-order valence-electron chi connectivity index (χ0n) is 15.8. The van der Waals surface area contributed by atoms with E-state index in [1.54, 1.807) is 46.2 Å². The maximum Gasteiger partial charge on any atom is 0.266 e. The SMILES string of the molecule is CCCc1nc(CSc2nc3ccccc3c(=O)n2-c2ccc(C#N)cc2)cs1. The molecular formula is C22H18N4OS2. The second-order valence-corrected chi connectivity index (χ2v) is 8.37. The molecule has 0 saturated carbocycles. The number of para-hydroxylation sites is 1. The zero-order valence-corrected chi connectivity index (χ0v) is 17.5. The van der Waals surface area contributed by atoms with Crippen LogP contribution in [0.3, 0.4) is 0 Å². The Bertz CT molecular complexity index is 1250. The molecule has 0 atom stereocenters. The van der Waals surface area contributed by atoms with Crippen molar-refractivity contribution in [3.05, 3.63) is 80.5 Å². The molecule has 5 nitrogen and oxygen atoms in total. The molecule has 0 aliphatic heterocycles. The van der Waals surface area contributed by atoms with Gasteiger partial charge >= 0.3 is 0 Å². The van der Waals surface area contributed by atoms with Crippen molar-refractivity contribution in [1.82, 2.24) is 14.5 Å². The first kappa shape index (κ1) is 19.4. The Morgan fingerprint density at radius 2 is 1.93 bits per heavy atom. The van der Waals surface area contributed by atoms with Gasteiger partial charge in [0.25, 0.3) is 5.56 Å². The van der Waals surface area contributed by atoms with Crippen LogP contribution in [-0.2, 0) is 12.2 Å². The monoisotopic (exact) mass is 418 g/mol. The van der Waals surface area contributed by atoms with Gasteiger partial charge in [-0.25, -0.2) is 9.97 Å². The number of fused-ring (bicyclic) bond motifs is 1. The number of benzene rings is 2. The van der Waals surface area contributed by atoms with Crippen molar-refractivity contribution in [3.8, 4) is 11.8 Å². The minimum Gasteiger partial charge on any atom is -0.268 e. The predicted molar refractivity (Wildman–Crippen MR) is 118 cm³/mol. The summed E-state index contributed by atoms with van der Waals surface area (Å²) < 4.78 is 1.62. The van der Waals surface area contributed by atoms with Gasteiger partial charge in [0.1, 0.15) is 0 Å². The quantitative estimate of drug-likeness (QED) is 0.327. The van der Waals surface area contributed by atoms with E-state index in [1.807, 2.05) is 18.2 Å². The summed E-state index contributed by atoms with van der Waals surface area (Å²) in [5.41, 5.74) is 2.80. The molecule has 2 aromatic heterocycles. The van der Waals surface area contributed by atoms with Crippen LogP contribution in [-0.4, -0.2) is 14.5 Å². The Hall–Kier alpha value is -2.95. The maximum absolute atomic E-state index is 13.2. The molecule has 0 bridgehead atoms. The predicted octanol–water partition coefficient (Wildman–Crippen LogP) is 4.96. The van der Waals surface area contributed by atoms with Crippen molar-refractivity contribution in [2.24, 2.45) is 0 Å². The number of nitriles is 1. The second kappa shape index (κ2) is 8.60. The van der Waals surface area contributed by atoms with Crippen molar-refractivity contribution < 1.29 is 0 Å². The summed E-state index contributed by atoms with van der Waals surface area (Å²) in [7, 11) is 0. The summed E-state index contributed by atoms with van der Waals surface area (Å²) in [6.07, 6.45) is 2.06. The molecule has 0 aliphatic rings. The fourth-order valence-electron chi connectivity index (χ4n) is 3.00. The zero-order chi connectivity index (χ0) is 20.2. The Balaban J connectivity index is 1.76. The topological polar surface area (TPSA) is 71.6 Å². The number of nitrogens with zero attached hydrogens (tertiary/aromatic N) is 4. The lowest BCUT2D eigenvalue weighted by Gasteiger charge is -2.13. The standard InChI is InChI=1S/C22H18N4OS2/c1-2-5-20-24-16(13-28-20)14-29-22-25-19-7-4-3-6-18(19)21(27)26(22)17-10-8-15(12-23)9-11-17/h3-4,6-11,13H,2,5,14H2,1H3. The second-order valence-electron chi connectivity index (χ2n) is 6.48. The Kier molecular flexibility index (Phi) is 5.74. The molecule has 0 radical (unpaired) electrons. The Labute approximate surface area is 176 Å². The summed E-state index contributed by atoms with van der Waals surface area (Å²) in [4.78, 5) is 22.7. The van der Waals surface area contributed by atoms with Crippen LogP contribution in [0.25, 0.3) is 16.6 Å². The van der Waals surface area contributed by atoms with Crippen LogP contribution in [0, 0.1) is 11.3 Å². The van der Waals surface area contributed by atoms with Crippen LogP contribution in [0.4, 0.5) is 0 Å². The highest BCUT2D eigenvalue weighted by Gasteiger charge is 2.14. The van der Waals surface area contributed by atoms with Gasteiger partial charge in [0.15, 0.2) is 5.16 Å². The molecule has 0 amide bonds. The fourth-order valence-corrected chi connectivity index (χ4v) is 4.92.